The molecule has 1 aliphatic heterocycles. The molecule has 2 heterocycles. The maximum Gasteiger partial charge on any atom is 0.237 e. The van der Waals surface area contributed by atoms with Crippen molar-refractivity contribution < 1.29 is 9.18 Å². The minimum atomic E-state index is -0.522. The lowest BCUT2D eigenvalue weighted by Crippen LogP contribution is -2.51. The van der Waals surface area contributed by atoms with Gasteiger partial charge in [0.15, 0.2) is 0 Å². The van der Waals surface area contributed by atoms with Gasteiger partial charge in [0.2, 0.25) is 11.9 Å². The number of carbonyl (C=O) groups is 1. The molecule has 1 saturated heterocycles. The predicted octanol–water partition coefficient (Wildman–Crippen LogP) is 3.37. The fourth-order valence-electron chi connectivity index (χ4n) is 3.31. The van der Waals surface area contributed by atoms with Crippen LogP contribution in [0.3, 0.4) is 0 Å². The van der Waals surface area contributed by atoms with Gasteiger partial charge in [-0.2, -0.15) is 4.39 Å². The van der Waals surface area contributed by atoms with Crippen LogP contribution < -0.4 is 5.32 Å². The summed E-state index contributed by atoms with van der Waals surface area (Å²) in [4.78, 5) is 18.6. The third-order valence-corrected chi connectivity index (χ3v) is 4.95. The average molecular weight is 335 g/mol. The van der Waals surface area contributed by atoms with Crippen LogP contribution in [0.5, 0.6) is 0 Å². The Morgan fingerprint density at radius 2 is 2.00 bits per heavy atom. The minimum Gasteiger partial charge on any atom is -0.351 e. The van der Waals surface area contributed by atoms with Crippen LogP contribution in [0, 0.1) is 17.3 Å². The van der Waals surface area contributed by atoms with Gasteiger partial charge in [0.05, 0.1) is 6.04 Å². The number of likely N-dealkylation sites (tertiary alicyclic amines) is 1. The van der Waals surface area contributed by atoms with Crippen LogP contribution in [0.15, 0.2) is 18.3 Å². The summed E-state index contributed by atoms with van der Waals surface area (Å²) in [5.74, 6) is -0.0218. The summed E-state index contributed by atoms with van der Waals surface area (Å²) < 4.78 is 13.2. The summed E-state index contributed by atoms with van der Waals surface area (Å²) in [5, 5.41) is 2.97. The quantitative estimate of drug-likeness (QED) is 0.862. The van der Waals surface area contributed by atoms with E-state index in [4.69, 9.17) is 0 Å². The second kappa shape index (κ2) is 6.79. The molecule has 1 aromatic heterocycles. The summed E-state index contributed by atoms with van der Waals surface area (Å²) in [5.41, 5.74) is 0.834. The molecule has 1 unspecified atom stereocenters. The maximum atomic E-state index is 13.2. The molecule has 134 valence electrons. The van der Waals surface area contributed by atoms with Gasteiger partial charge in [-0.3, -0.25) is 9.69 Å². The highest BCUT2D eigenvalue weighted by Crippen LogP contribution is 2.39. The second-order valence-corrected chi connectivity index (χ2v) is 8.84. The topological polar surface area (TPSA) is 45.2 Å². The highest BCUT2D eigenvalue weighted by molar-refractivity contribution is 5.82. The normalized spacial score (nSPS) is 22.6. The molecule has 0 saturated carbocycles. The van der Waals surface area contributed by atoms with Gasteiger partial charge in [-0.1, -0.05) is 20.8 Å². The molecule has 0 spiro atoms. The van der Waals surface area contributed by atoms with Crippen molar-refractivity contribution in [3.05, 3.63) is 29.8 Å². The number of hydrogen-bond acceptors (Lipinski definition) is 3. The van der Waals surface area contributed by atoms with Crippen LogP contribution >= 0.6 is 0 Å². The Balaban J connectivity index is 2.07. The Morgan fingerprint density at radius 3 is 2.54 bits per heavy atom. The highest BCUT2D eigenvalue weighted by Gasteiger charge is 2.45. The fraction of sp³-hybridized carbons (Fsp3) is 0.684. The van der Waals surface area contributed by atoms with Crippen LogP contribution in [-0.4, -0.2) is 33.9 Å². The SMILES string of the molecule is CC(C)(C)C1C[C@@H](C(=O)NCc2ccnc(F)c2)N(C(C)(C)C)C1. The van der Waals surface area contributed by atoms with Crippen molar-refractivity contribution in [2.24, 2.45) is 11.3 Å². The van der Waals surface area contributed by atoms with Crippen molar-refractivity contribution >= 4 is 5.91 Å². The van der Waals surface area contributed by atoms with E-state index in [-0.39, 0.29) is 22.9 Å². The summed E-state index contributed by atoms with van der Waals surface area (Å²) in [6, 6.07) is 2.94. The number of amides is 1. The largest absolute Gasteiger partial charge is 0.351 e. The van der Waals surface area contributed by atoms with Gasteiger partial charge in [0, 0.05) is 24.8 Å². The van der Waals surface area contributed by atoms with Crippen molar-refractivity contribution in [3.63, 3.8) is 0 Å². The summed E-state index contributed by atoms with van der Waals surface area (Å²) in [7, 11) is 0. The fourth-order valence-corrected chi connectivity index (χ4v) is 3.31. The number of aromatic nitrogens is 1. The predicted molar refractivity (Wildman–Crippen MR) is 93.9 cm³/mol. The number of nitrogens with zero attached hydrogens (tertiary/aromatic N) is 2. The van der Waals surface area contributed by atoms with E-state index in [0.29, 0.717) is 12.5 Å². The average Bonchev–Trinajstić information content (AvgIpc) is 2.90. The van der Waals surface area contributed by atoms with Crippen LogP contribution in [-0.2, 0) is 11.3 Å². The number of hydrogen-bond donors (Lipinski definition) is 1. The van der Waals surface area contributed by atoms with E-state index in [2.05, 4.69) is 56.7 Å². The van der Waals surface area contributed by atoms with Crippen LogP contribution in [0.1, 0.15) is 53.5 Å². The molecule has 2 rings (SSSR count). The molecule has 0 aliphatic carbocycles. The molecular weight excluding hydrogens is 305 g/mol. The van der Waals surface area contributed by atoms with E-state index < -0.39 is 5.95 Å². The molecule has 1 N–H and O–H groups in total. The molecule has 4 nitrogen and oxygen atoms in total. The first-order chi connectivity index (χ1) is 11.0. The van der Waals surface area contributed by atoms with E-state index in [9.17, 15) is 9.18 Å². The first-order valence-corrected chi connectivity index (χ1v) is 8.63. The van der Waals surface area contributed by atoms with E-state index in [1.54, 1.807) is 6.07 Å². The van der Waals surface area contributed by atoms with Crippen LogP contribution in [0.2, 0.25) is 0 Å². The lowest BCUT2D eigenvalue weighted by molar-refractivity contribution is -0.127. The Bertz CT molecular complexity index is 589. The van der Waals surface area contributed by atoms with Gasteiger partial charge in [0.1, 0.15) is 0 Å². The Kier molecular flexibility index (Phi) is 5.33. The second-order valence-electron chi connectivity index (χ2n) is 8.84. The first kappa shape index (κ1) is 18.8. The zero-order chi connectivity index (χ0) is 18.1. The van der Waals surface area contributed by atoms with E-state index >= 15 is 0 Å². The van der Waals surface area contributed by atoms with Gasteiger partial charge in [-0.15, -0.1) is 0 Å². The Labute approximate surface area is 144 Å². The monoisotopic (exact) mass is 335 g/mol. The third kappa shape index (κ3) is 4.53. The molecule has 24 heavy (non-hydrogen) atoms. The number of carbonyl (C=O) groups excluding carboxylic acids is 1. The summed E-state index contributed by atoms with van der Waals surface area (Å²) in [6.07, 6.45) is 2.28. The first-order valence-electron chi connectivity index (χ1n) is 8.63. The lowest BCUT2D eigenvalue weighted by atomic mass is 9.79. The molecule has 2 atom stereocenters. The molecular formula is C19H30FN3O. The van der Waals surface area contributed by atoms with E-state index in [1.807, 2.05) is 0 Å². The molecule has 1 fully saturated rings. The smallest absolute Gasteiger partial charge is 0.237 e. The Hall–Kier alpha value is -1.49. The highest BCUT2D eigenvalue weighted by atomic mass is 19.1. The molecule has 1 aromatic rings. The number of halogens is 1. The lowest BCUT2D eigenvalue weighted by Gasteiger charge is -2.36. The number of nitrogens with one attached hydrogen (secondary N) is 1. The number of pyridine rings is 1. The van der Waals surface area contributed by atoms with Crippen molar-refractivity contribution in [1.29, 1.82) is 0 Å². The van der Waals surface area contributed by atoms with E-state index in [1.165, 1.54) is 12.3 Å². The minimum absolute atomic E-state index is 0.0221. The van der Waals surface area contributed by atoms with Gasteiger partial charge in [-0.05, 0) is 56.2 Å². The molecule has 0 aromatic carbocycles. The van der Waals surface area contributed by atoms with Crippen LogP contribution in [0.4, 0.5) is 4.39 Å². The summed E-state index contributed by atoms with van der Waals surface area (Å²) in [6.45, 7) is 14.4. The molecule has 0 bridgehead atoms. The maximum absolute atomic E-state index is 13.2. The third-order valence-electron chi connectivity index (χ3n) is 4.95. The van der Waals surface area contributed by atoms with Gasteiger partial charge >= 0.3 is 0 Å². The zero-order valence-electron chi connectivity index (χ0n) is 15.7. The van der Waals surface area contributed by atoms with E-state index in [0.717, 1.165) is 18.5 Å². The van der Waals surface area contributed by atoms with Crippen LogP contribution in [0.25, 0.3) is 0 Å². The van der Waals surface area contributed by atoms with Crippen molar-refractivity contribution in [2.45, 2.75) is 66.1 Å². The van der Waals surface area contributed by atoms with Gasteiger partial charge < -0.3 is 5.32 Å². The van der Waals surface area contributed by atoms with Crippen molar-refractivity contribution in [1.82, 2.24) is 15.2 Å². The van der Waals surface area contributed by atoms with Gasteiger partial charge in [-0.25, -0.2) is 4.98 Å². The molecule has 0 radical (unpaired) electrons. The van der Waals surface area contributed by atoms with Crippen molar-refractivity contribution in [3.8, 4) is 0 Å². The molecule has 5 heteroatoms. The molecule has 1 aliphatic rings. The van der Waals surface area contributed by atoms with Gasteiger partial charge in [0.25, 0.3) is 0 Å². The zero-order valence-corrected chi connectivity index (χ0v) is 15.7. The Morgan fingerprint density at radius 1 is 1.33 bits per heavy atom. The number of rotatable bonds is 3. The standard InChI is InChI=1S/C19H30FN3O/c1-18(2,3)14-10-15(23(12-14)19(4,5)6)17(24)22-11-13-7-8-21-16(20)9-13/h7-9,14-15H,10-12H2,1-6H3,(H,22,24)/t14?,15-/m0/s1. The summed E-state index contributed by atoms with van der Waals surface area (Å²) >= 11 is 0. The van der Waals surface area contributed by atoms with Crippen molar-refractivity contribution in [2.75, 3.05) is 6.54 Å². The molecule has 1 amide bonds.